The van der Waals surface area contributed by atoms with E-state index in [-0.39, 0.29) is 18.9 Å². The Kier molecular flexibility index (Phi) is 6.08. The van der Waals surface area contributed by atoms with Gasteiger partial charge in [-0.25, -0.2) is 13.8 Å². The summed E-state index contributed by atoms with van der Waals surface area (Å²) < 4.78 is 20.6. The molecule has 1 heterocycles. The lowest BCUT2D eigenvalue weighted by Gasteiger charge is -2.15. The smallest absolute Gasteiger partial charge is 0.336 e. The first-order chi connectivity index (χ1) is 15.9. The van der Waals surface area contributed by atoms with Crippen molar-refractivity contribution in [3.8, 4) is 11.4 Å². The maximum atomic E-state index is 13.4. The highest BCUT2D eigenvalue weighted by Gasteiger charge is 2.17. The van der Waals surface area contributed by atoms with E-state index in [0.29, 0.717) is 22.3 Å². The van der Waals surface area contributed by atoms with Crippen LogP contribution in [0.25, 0.3) is 16.6 Å². The van der Waals surface area contributed by atoms with Crippen LogP contribution in [0.15, 0.2) is 76.3 Å². The van der Waals surface area contributed by atoms with Gasteiger partial charge < -0.3 is 10.1 Å². The molecular formula is C25H22FN3O4. The van der Waals surface area contributed by atoms with E-state index in [9.17, 15) is 18.8 Å². The summed E-state index contributed by atoms with van der Waals surface area (Å²) >= 11 is 0. The number of nitrogens with one attached hydrogen (secondary N) is 1. The predicted molar refractivity (Wildman–Crippen MR) is 123 cm³/mol. The first kappa shape index (κ1) is 22.0. The lowest BCUT2D eigenvalue weighted by molar-refractivity contribution is -0.121. The SMILES string of the molecule is COc1cccc(-n2c(=O)c3cc(C)ccc3n(CC(=O)NCc3ccc(F)cc3)c2=O)c1. The largest absolute Gasteiger partial charge is 0.497 e. The van der Waals surface area contributed by atoms with Gasteiger partial charge in [0.15, 0.2) is 0 Å². The second kappa shape index (κ2) is 9.12. The van der Waals surface area contributed by atoms with Crippen LogP contribution in [-0.2, 0) is 17.9 Å². The first-order valence-corrected chi connectivity index (χ1v) is 10.3. The topological polar surface area (TPSA) is 82.3 Å². The zero-order valence-corrected chi connectivity index (χ0v) is 18.2. The van der Waals surface area contributed by atoms with Crippen molar-refractivity contribution in [2.75, 3.05) is 7.11 Å². The Morgan fingerprint density at radius 1 is 1.03 bits per heavy atom. The fourth-order valence-corrected chi connectivity index (χ4v) is 3.62. The van der Waals surface area contributed by atoms with Crippen LogP contribution in [0.5, 0.6) is 5.75 Å². The minimum Gasteiger partial charge on any atom is -0.497 e. The van der Waals surface area contributed by atoms with Crippen molar-refractivity contribution in [2.24, 2.45) is 0 Å². The second-order valence-electron chi connectivity index (χ2n) is 7.63. The van der Waals surface area contributed by atoms with Gasteiger partial charge >= 0.3 is 5.69 Å². The molecule has 0 radical (unpaired) electrons. The van der Waals surface area contributed by atoms with Crippen LogP contribution in [0.2, 0.25) is 0 Å². The number of hydrogen-bond acceptors (Lipinski definition) is 4. The number of aryl methyl sites for hydroxylation is 1. The van der Waals surface area contributed by atoms with Crippen LogP contribution >= 0.6 is 0 Å². The van der Waals surface area contributed by atoms with Crippen LogP contribution in [0.1, 0.15) is 11.1 Å². The van der Waals surface area contributed by atoms with Gasteiger partial charge in [0.05, 0.1) is 23.7 Å². The Morgan fingerprint density at radius 2 is 1.79 bits per heavy atom. The van der Waals surface area contributed by atoms with Crippen molar-refractivity contribution >= 4 is 16.8 Å². The number of halogens is 1. The van der Waals surface area contributed by atoms with E-state index in [0.717, 1.165) is 15.7 Å². The highest BCUT2D eigenvalue weighted by atomic mass is 19.1. The maximum Gasteiger partial charge on any atom is 0.336 e. The van der Waals surface area contributed by atoms with Gasteiger partial charge in [0.1, 0.15) is 18.1 Å². The molecular weight excluding hydrogens is 425 g/mol. The van der Waals surface area contributed by atoms with Gasteiger partial charge in [0.25, 0.3) is 5.56 Å². The van der Waals surface area contributed by atoms with Crippen LogP contribution in [0.3, 0.4) is 0 Å². The molecule has 0 aliphatic heterocycles. The third-order valence-electron chi connectivity index (χ3n) is 5.31. The van der Waals surface area contributed by atoms with Crippen molar-refractivity contribution in [1.82, 2.24) is 14.5 Å². The van der Waals surface area contributed by atoms with E-state index in [1.165, 1.54) is 23.8 Å². The average molecular weight is 447 g/mol. The van der Waals surface area contributed by atoms with Crippen LogP contribution in [-0.4, -0.2) is 22.2 Å². The van der Waals surface area contributed by atoms with Gasteiger partial charge in [-0.3, -0.25) is 14.2 Å². The summed E-state index contributed by atoms with van der Waals surface area (Å²) in [7, 11) is 1.50. The molecule has 0 saturated heterocycles. The van der Waals surface area contributed by atoms with Crippen LogP contribution < -0.4 is 21.3 Å². The minimum absolute atomic E-state index is 0.181. The van der Waals surface area contributed by atoms with Gasteiger partial charge in [-0.1, -0.05) is 29.8 Å². The number of hydrogen-bond donors (Lipinski definition) is 1. The lowest BCUT2D eigenvalue weighted by Crippen LogP contribution is -2.41. The zero-order chi connectivity index (χ0) is 23.5. The summed E-state index contributed by atoms with van der Waals surface area (Å²) in [6.45, 7) is 1.74. The summed E-state index contributed by atoms with van der Waals surface area (Å²) in [5.41, 5.74) is 1.16. The Labute approximate surface area is 188 Å². The number of methoxy groups -OCH3 is 1. The molecule has 0 aliphatic carbocycles. The van der Waals surface area contributed by atoms with E-state index < -0.39 is 17.2 Å². The van der Waals surface area contributed by atoms with Crippen molar-refractivity contribution in [2.45, 2.75) is 20.0 Å². The van der Waals surface area contributed by atoms with E-state index in [1.807, 2.05) is 6.92 Å². The molecule has 4 aromatic rings. The van der Waals surface area contributed by atoms with Crippen molar-refractivity contribution in [3.63, 3.8) is 0 Å². The quantitative estimate of drug-likeness (QED) is 0.493. The number of amides is 1. The second-order valence-corrected chi connectivity index (χ2v) is 7.63. The number of aromatic nitrogens is 2. The maximum absolute atomic E-state index is 13.4. The summed E-state index contributed by atoms with van der Waals surface area (Å²) in [4.78, 5) is 39.4. The van der Waals surface area contributed by atoms with Gasteiger partial charge in [-0.05, 0) is 48.9 Å². The Morgan fingerprint density at radius 3 is 2.52 bits per heavy atom. The van der Waals surface area contributed by atoms with E-state index in [2.05, 4.69) is 5.32 Å². The molecule has 1 aromatic heterocycles. The van der Waals surface area contributed by atoms with Crippen LogP contribution in [0.4, 0.5) is 4.39 Å². The molecule has 33 heavy (non-hydrogen) atoms. The van der Waals surface area contributed by atoms with Crippen molar-refractivity contribution < 1.29 is 13.9 Å². The van der Waals surface area contributed by atoms with Crippen molar-refractivity contribution in [1.29, 1.82) is 0 Å². The molecule has 4 rings (SSSR count). The number of ether oxygens (including phenoxy) is 1. The van der Waals surface area contributed by atoms with E-state index in [4.69, 9.17) is 4.74 Å². The monoisotopic (exact) mass is 447 g/mol. The standard InChI is InChI=1S/C25H22FN3O4/c1-16-6-11-22-21(12-16)24(31)29(19-4-3-5-20(13-19)33-2)25(32)28(22)15-23(30)27-14-17-7-9-18(26)10-8-17/h3-13H,14-15H2,1-2H3,(H,27,30). The number of benzene rings is 3. The number of carbonyl (C=O) groups is 1. The molecule has 0 unspecified atom stereocenters. The molecule has 0 spiro atoms. The van der Waals surface area contributed by atoms with E-state index in [1.54, 1.807) is 54.6 Å². The fraction of sp³-hybridized carbons (Fsp3) is 0.160. The number of nitrogens with zero attached hydrogens (tertiary/aromatic N) is 2. The number of carbonyl (C=O) groups excluding carboxylic acids is 1. The summed E-state index contributed by atoms with van der Waals surface area (Å²) in [6, 6.07) is 17.5. The third kappa shape index (κ3) is 4.55. The van der Waals surface area contributed by atoms with Crippen molar-refractivity contribution in [3.05, 3.63) is 105 Å². The molecule has 168 valence electrons. The van der Waals surface area contributed by atoms with E-state index >= 15 is 0 Å². The Bertz CT molecular complexity index is 1460. The molecule has 7 nitrogen and oxygen atoms in total. The highest BCUT2D eigenvalue weighted by molar-refractivity contribution is 5.82. The number of rotatable bonds is 6. The van der Waals surface area contributed by atoms with Gasteiger partial charge in [0, 0.05) is 12.6 Å². The van der Waals surface area contributed by atoms with Gasteiger partial charge in [-0.15, -0.1) is 0 Å². The number of fused-ring (bicyclic) bond motifs is 1. The Balaban J connectivity index is 1.76. The molecule has 0 bridgehead atoms. The van der Waals surface area contributed by atoms with Crippen LogP contribution in [0, 0.1) is 12.7 Å². The summed E-state index contributed by atoms with van der Waals surface area (Å²) in [5.74, 6) is -0.288. The lowest BCUT2D eigenvalue weighted by atomic mass is 10.1. The molecule has 0 fully saturated rings. The predicted octanol–water partition coefficient (Wildman–Crippen LogP) is 2.92. The zero-order valence-electron chi connectivity index (χ0n) is 18.2. The van der Waals surface area contributed by atoms with Gasteiger partial charge in [0.2, 0.25) is 5.91 Å². The molecule has 1 N–H and O–H groups in total. The third-order valence-corrected chi connectivity index (χ3v) is 5.31. The molecule has 0 aliphatic rings. The first-order valence-electron chi connectivity index (χ1n) is 10.3. The highest BCUT2D eigenvalue weighted by Crippen LogP contribution is 2.16. The molecule has 0 saturated carbocycles. The summed E-state index contributed by atoms with van der Waals surface area (Å²) in [6.07, 6.45) is 0. The van der Waals surface area contributed by atoms with Gasteiger partial charge in [-0.2, -0.15) is 0 Å². The molecule has 8 heteroatoms. The molecule has 3 aromatic carbocycles. The average Bonchev–Trinajstić information content (AvgIpc) is 2.82. The minimum atomic E-state index is -0.637. The molecule has 0 atom stereocenters. The fourth-order valence-electron chi connectivity index (χ4n) is 3.62. The Hall–Kier alpha value is -4.20. The normalized spacial score (nSPS) is 10.9. The summed E-state index contributed by atoms with van der Waals surface area (Å²) in [5, 5.41) is 3.06. The molecule has 1 amide bonds.